The van der Waals surface area contributed by atoms with Gasteiger partial charge in [-0.3, -0.25) is 0 Å². The Kier molecular flexibility index (Phi) is 4.05. The molecule has 16 heavy (non-hydrogen) atoms. The van der Waals surface area contributed by atoms with Gasteiger partial charge in [-0.15, -0.1) is 0 Å². The summed E-state index contributed by atoms with van der Waals surface area (Å²) in [7, 11) is 3.45. The lowest BCUT2D eigenvalue weighted by Gasteiger charge is -2.03. The minimum Gasteiger partial charge on any atom is -0.361 e. The van der Waals surface area contributed by atoms with Crippen LogP contribution in [0.5, 0.6) is 0 Å². The maximum Gasteiger partial charge on any atom is 0.295 e. The van der Waals surface area contributed by atoms with Crippen LogP contribution in [0.2, 0.25) is 0 Å². The Morgan fingerprint density at radius 2 is 1.88 bits per heavy atom. The third-order valence-corrected chi connectivity index (χ3v) is 4.51. The standard InChI is InChI=1S/C12H10N2S2/c13-14-10-6-8-12(9-7-10)16-15-11-4-2-1-3-5-11/h1-6,8-9H,7H2. The maximum absolute atomic E-state index is 8.58. The highest BCUT2D eigenvalue weighted by Crippen LogP contribution is 2.38. The number of rotatable bonds is 3. The third-order valence-electron chi connectivity index (χ3n) is 2.06. The van der Waals surface area contributed by atoms with Crippen molar-refractivity contribution in [3.05, 3.63) is 59.0 Å². The fraction of sp³-hybridized carbons (Fsp3) is 0.0833. The van der Waals surface area contributed by atoms with E-state index in [1.54, 1.807) is 21.6 Å². The van der Waals surface area contributed by atoms with Gasteiger partial charge in [0.2, 0.25) is 0 Å². The van der Waals surface area contributed by atoms with E-state index in [0.717, 1.165) is 0 Å². The fourth-order valence-corrected chi connectivity index (χ4v) is 3.24. The van der Waals surface area contributed by atoms with E-state index in [1.807, 2.05) is 30.4 Å². The van der Waals surface area contributed by atoms with Gasteiger partial charge in [0, 0.05) is 15.9 Å². The van der Waals surface area contributed by atoms with Crippen molar-refractivity contribution in [2.24, 2.45) is 0 Å². The number of hydrogen-bond donors (Lipinski definition) is 0. The molecule has 0 N–H and O–H groups in total. The molecular formula is C12H10N2S2. The second-order valence-electron chi connectivity index (χ2n) is 3.22. The Morgan fingerprint density at radius 1 is 1.06 bits per heavy atom. The Balaban J connectivity index is 1.91. The predicted octanol–water partition coefficient (Wildman–Crippen LogP) is 3.94. The monoisotopic (exact) mass is 246 g/mol. The van der Waals surface area contributed by atoms with Gasteiger partial charge in [0.05, 0.1) is 6.42 Å². The largest absolute Gasteiger partial charge is 0.361 e. The molecule has 0 aliphatic heterocycles. The van der Waals surface area contributed by atoms with Crippen molar-refractivity contribution in [2.45, 2.75) is 11.3 Å². The molecule has 4 heteroatoms. The summed E-state index contributed by atoms with van der Waals surface area (Å²) in [6, 6.07) is 10.3. The Hall–Kier alpha value is -1.22. The van der Waals surface area contributed by atoms with Crippen LogP contribution in [0.15, 0.2) is 58.4 Å². The van der Waals surface area contributed by atoms with Gasteiger partial charge in [-0.25, -0.2) is 0 Å². The molecule has 2 rings (SSSR count). The molecular weight excluding hydrogens is 236 g/mol. The van der Waals surface area contributed by atoms with Crippen molar-refractivity contribution < 1.29 is 4.79 Å². The van der Waals surface area contributed by atoms with Gasteiger partial charge in [-0.2, -0.15) is 4.79 Å². The molecule has 0 unspecified atom stereocenters. The summed E-state index contributed by atoms with van der Waals surface area (Å²) >= 11 is 0. The summed E-state index contributed by atoms with van der Waals surface area (Å²) in [6.45, 7) is 0. The van der Waals surface area contributed by atoms with Gasteiger partial charge in [0.25, 0.3) is 5.71 Å². The van der Waals surface area contributed by atoms with E-state index < -0.39 is 0 Å². The number of allylic oxidation sites excluding steroid dienone is 3. The van der Waals surface area contributed by atoms with Crippen LogP contribution in [0.1, 0.15) is 6.42 Å². The normalized spacial score (nSPS) is 14.5. The van der Waals surface area contributed by atoms with Gasteiger partial charge in [0.15, 0.2) is 0 Å². The van der Waals surface area contributed by atoms with Crippen LogP contribution in [0.4, 0.5) is 0 Å². The summed E-state index contributed by atoms with van der Waals surface area (Å²) in [5.41, 5.74) is 9.28. The van der Waals surface area contributed by atoms with Crippen LogP contribution in [-0.2, 0) is 0 Å². The average Bonchev–Trinajstić information content (AvgIpc) is 2.38. The first-order chi connectivity index (χ1) is 7.88. The molecule has 0 fully saturated rings. The molecule has 2 nitrogen and oxygen atoms in total. The third kappa shape index (κ3) is 3.14. The molecule has 1 aliphatic carbocycles. The topological polar surface area (TPSA) is 36.4 Å². The van der Waals surface area contributed by atoms with E-state index in [2.05, 4.69) is 23.0 Å². The molecule has 1 aromatic rings. The van der Waals surface area contributed by atoms with Gasteiger partial charge in [0.1, 0.15) is 0 Å². The van der Waals surface area contributed by atoms with Crippen LogP contribution in [0.3, 0.4) is 0 Å². The highest BCUT2D eigenvalue weighted by molar-refractivity contribution is 8.78. The van der Waals surface area contributed by atoms with Crippen molar-refractivity contribution in [2.75, 3.05) is 0 Å². The molecule has 1 aliphatic rings. The SMILES string of the molecule is [N-]=[N+]=C1C=CC(SSc2ccccc2)=CC1. The summed E-state index contributed by atoms with van der Waals surface area (Å²) in [5.74, 6) is 0. The molecule has 80 valence electrons. The molecule has 0 atom stereocenters. The second-order valence-corrected chi connectivity index (χ2v) is 5.49. The number of benzene rings is 1. The van der Waals surface area contributed by atoms with Crippen LogP contribution < -0.4 is 0 Å². The zero-order chi connectivity index (χ0) is 11.2. The van der Waals surface area contributed by atoms with E-state index in [-0.39, 0.29) is 0 Å². The molecule has 0 radical (unpaired) electrons. The molecule has 0 saturated heterocycles. The van der Waals surface area contributed by atoms with E-state index in [0.29, 0.717) is 12.1 Å². The summed E-state index contributed by atoms with van der Waals surface area (Å²) < 4.78 is 0. The maximum atomic E-state index is 8.58. The van der Waals surface area contributed by atoms with Gasteiger partial charge >= 0.3 is 0 Å². The van der Waals surface area contributed by atoms with Gasteiger partial charge in [-0.05, 0) is 18.2 Å². The highest BCUT2D eigenvalue weighted by atomic mass is 33.1. The zero-order valence-corrected chi connectivity index (χ0v) is 10.2. The van der Waals surface area contributed by atoms with E-state index in [4.69, 9.17) is 5.53 Å². The number of hydrogen-bond acceptors (Lipinski definition) is 2. The van der Waals surface area contributed by atoms with E-state index >= 15 is 0 Å². The quantitative estimate of drug-likeness (QED) is 0.460. The van der Waals surface area contributed by atoms with Crippen LogP contribution in [0.25, 0.3) is 5.53 Å². The van der Waals surface area contributed by atoms with Gasteiger partial charge in [-0.1, -0.05) is 45.9 Å². The number of nitrogens with zero attached hydrogens (tertiary/aromatic N) is 2. The summed E-state index contributed by atoms with van der Waals surface area (Å²) in [4.78, 5) is 5.60. The first kappa shape index (κ1) is 11.3. The van der Waals surface area contributed by atoms with Crippen LogP contribution in [0, 0.1) is 0 Å². The fourth-order valence-electron chi connectivity index (χ4n) is 1.23. The summed E-state index contributed by atoms with van der Waals surface area (Å²) in [5, 5.41) is 0. The Bertz CT molecular complexity index is 471. The lowest BCUT2D eigenvalue weighted by Crippen LogP contribution is -1.96. The van der Waals surface area contributed by atoms with Crippen molar-refractivity contribution in [3.63, 3.8) is 0 Å². The van der Waals surface area contributed by atoms with Crippen molar-refractivity contribution >= 4 is 27.3 Å². The molecule has 1 aromatic carbocycles. The minimum atomic E-state index is 0.699. The molecule has 0 bridgehead atoms. The van der Waals surface area contributed by atoms with Crippen molar-refractivity contribution in [3.8, 4) is 0 Å². The molecule has 0 spiro atoms. The molecule has 0 heterocycles. The Labute approximate surface area is 102 Å². The lowest BCUT2D eigenvalue weighted by molar-refractivity contribution is -0.00538. The smallest absolute Gasteiger partial charge is 0.295 e. The molecule has 0 amide bonds. The summed E-state index contributed by atoms with van der Waals surface area (Å²) in [6.07, 6.45) is 6.58. The molecule has 0 saturated carbocycles. The highest BCUT2D eigenvalue weighted by Gasteiger charge is 2.08. The first-order valence-electron chi connectivity index (χ1n) is 4.87. The lowest BCUT2D eigenvalue weighted by atomic mass is 10.2. The van der Waals surface area contributed by atoms with Gasteiger partial charge < -0.3 is 5.53 Å². The van der Waals surface area contributed by atoms with E-state index in [1.165, 1.54) is 9.80 Å². The average molecular weight is 246 g/mol. The Morgan fingerprint density at radius 3 is 2.50 bits per heavy atom. The first-order valence-corrected chi connectivity index (χ1v) is 7.02. The van der Waals surface area contributed by atoms with E-state index in [9.17, 15) is 0 Å². The minimum absolute atomic E-state index is 0.699. The predicted molar refractivity (Wildman–Crippen MR) is 70.4 cm³/mol. The van der Waals surface area contributed by atoms with Crippen LogP contribution >= 0.6 is 21.6 Å². The van der Waals surface area contributed by atoms with Crippen molar-refractivity contribution in [1.29, 1.82) is 0 Å². The second kappa shape index (κ2) is 5.75. The zero-order valence-electron chi connectivity index (χ0n) is 8.54. The van der Waals surface area contributed by atoms with Crippen LogP contribution in [-0.4, -0.2) is 10.5 Å². The molecule has 0 aromatic heterocycles. The van der Waals surface area contributed by atoms with Crippen molar-refractivity contribution in [1.82, 2.24) is 0 Å².